The van der Waals surface area contributed by atoms with E-state index in [0.717, 1.165) is 5.56 Å². The summed E-state index contributed by atoms with van der Waals surface area (Å²) in [6, 6.07) is 5.65. The Balaban J connectivity index is 1.80. The number of alkyl halides is 1. The van der Waals surface area contributed by atoms with Gasteiger partial charge in [0.1, 0.15) is 6.61 Å². The van der Waals surface area contributed by atoms with Gasteiger partial charge in [0.2, 0.25) is 5.91 Å². The Hall–Kier alpha value is -2.15. The lowest BCUT2D eigenvalue weighted by atomic mass is 10.1. The molecule has 0 N–H and O–H groups in total. The first-order chi connectivity index (χ1) is 12.6. The highest BCUT2D eigenvalue weighted by Crippen LogP contribution is 2.28. The van der Waals surface area contributed by atoms with E-state index in [1.807, 2.05) is 18.2 Å². The van der Waals surface area contributed by atoms with Crippen LogP contribution in [0.3, 0.4) is 0 Å². The Morgan fingerprint density at radius 2 is 1.69 bits per heavy atom. The van der Waals surface area contributed by atoms with Crippen molar-refractivity contribution in [2.75, 3.05) is 52.9 Å². The maximum Gasteiger partial charge on any atom is 0.409 e. The number of rotatable bonds is 7. The topological polar surface area (TPSA) is 68.3 Å². The minimum absolute atomic E-state index is 0.0774. The lowest BCUT2D eigenvalue weighted by Crippen LogP contribution is -2.50. The van der Waals surface area contributed by atoms with Crippen LogP contribution in [0.1, 0.15) is 12.0 Å². The van der Waals surface area contributed by atoms with Crippen LogP contribution in [0.15, 0.2) is 18.2 Å². The summed E-state index contributed by atoms with van der Waals surface area (Å²) < 4.78 is 15.5. The van der Waals surface area contributed by atoms with Crippen LogP contribution in [0.25, 0.3) is 0 Å². The Bertz CT molecular complexity index is 618. The maximum absolute atomic E-state index is 12.4. The van der Waals surface area contributed by atoms with Crippen molar-refractivity contribution >= 4 is 23.6 Å². The summed E-state index contributed by atoms with van der Waals surface area (Å²) >= 11 is 5.51. The highest BCUT2D eigenvalue weighted by Gasteiger charge is 2.24. The number of ether oxygens (including phenoxy) is 3. The number of methoxy groups -OCH3 is 2. The van der Waals surface area contributed by atoms with E-state index in [2.05, 4.69) is 0 Å². The number of carbonyl (C=O) groups is 2. The van der Waals surface area contributed by atoms with Gasteiger partial charge in [0.25, 0.3) is 0 Å². The molecule has 26 heavy (non-hydrogen) atoms. The molecule has 0 atom stereocenters. The molecule has 0 aliphatic carbocycles. The second-order valence-corrected chi connectivity index (χ2v) is 6.24. The highest BCUT2D eigenvalue weighted by molar-refractivity contribution is 6.18. The summed E-state index contributed by atoms with van der Waals surface area (Å²) in [5.74, 6) is 1.68. The monoisotopic (exact) mass is 384 g/mol. The SMILES string of the molecule is COc1ccc(CCC(=O)N2CCN(C(=O)OCCCl)CC2)cc1OC. The second kappa shape index (κ2) is 10.1. The minimum Gasteiger partial charge on any atom is -0.493 e. The summed E-state index contributed by atoms with van der Waals surface area (Å²) in [4.78, 5) is 27.6. The van der Waals surface area contributed by atoms with Crippen molar-refractivity contribution in [1.29, 1.82) is 0 Å². The van der Waals surface area contributed by atoms with Crippen molar-refractivity contribution in [2.45, 2.75) is 12.8 Å². The van der Waals surface area contributed by atoms with Crippen LogP contribution in [-0.2, 0) is 16.0 Å². The number of aryl methyl sites for hydroxylation is 1. The van der Waals surface area contributed by atoms with E-state index >= 15 is 0 Å². The van der Waals surface area contributed by atoms with Crippen molar-refractivity contribution in [3.05, 3.63) is 23.8 Å². The molecular formula is C18H25ClN2O5. The molecule has 7 nitrogen and oxygen atoms in total. The van der Waals surface area contributed by atoms with E-state index in [0.29, 0.717) is 50.5 Å². The van der Waals surface area contributed by atoms with Crippen molar-refractivity contribution in [3.63, 3.8) is 0 Å². The molecule has 1 aliphatic heterocycles. The van der Waals surface area contributed by atoms with Crippen LogP contribution >= 0.6 is 11.6 Å². The smallest absolute Gasteiger partial charge is 0.409 e. The van der Waals surface area contributed by atoms with Gasteiger partial charge in [-0.15, -0.1) is 11.6 Å². The summed E-state index contributed by atoms with van der Waals surface area (Å²) in [6.45, 7) is 2.18. The first-order valence-corrected chi connectivity index (χ1v) is 9.08. The molecule has 1 heterocycles. The lowest BCUT2D eigenvalue weighted by Gasteiger charge is -2.34. The first kappa shape index (κ1) is 20.2. The number of carbonyl (C=O) groups excluding carboxylic acids is 2. The predicted octanol–water partition coefficient (Wildman–Crippen LogP) is 2.16. The molecule has 2 rings (SSSR count). The number of piperazine rings is 1. The quantitative estimate of drug-likeness (QED) is 0.674. The van der Waals surface area contributed by atoms with Crippen molar-refractivity contribution in [2.24, 2.45) is 0 Å². The van der Waals surface area contributed by atoms with Crippen molar-refractivity contribution < 1.29 is 23.8 Å². The molecular weight excluding hydrogens is 360 g/mol. The molecule has 2 amide bonds. The highest BCUT2D eigenvalue weighted by atomic mass is 35.5. The van der Waals surface area contributed by atoms with Gasteiger partial charge in [-0.3, -0.25) is 4.79 Å². The van der Waals surface area contributed by atoms with E-state index in [-0.39, 0.29) is 24.5 Å². The molecule has 0 bridgehead atoms. The van der Waals surface area contributed by atoms with Gasteiger partial charge >= 0.3 is 6.09 Å². The molecule has 0 radical (unpaired) electrons. The Morgan fingerprint density at radius 1 is 1.04 bits per heavy atom. The van der Waals surface area contributed by atoms with Crippen molar-refractivity contribution in [1.82, 2.24) is 9.80 Å². The second-order valence-electron chi connectivity index (χ2n) is 5.86. The van der Waals surface area contributed by atoms with Crippen LogP contribution in [-0.4, -0.2) is 74.7 Å². The molecule has 8 heteroatoms. The molecule has 0 unspecified atom stereocenters. The molecule has 1 aliphatic rings. The van der Waals surface area contributed by atoms with Gasteiger partial charge in [-0.05, 0) is 24.1 Å². The van der Waals surface area contributed by atoms with Crippen LogP contribution in [0, 0.1) is 0 Å². The summed E-state index contributed by atoms with van der Waals surface area (Å²) in [7, 11) is 3.18. The molecule has 0 saturated carbocycles. The predicted molar refractivity (Wildman–Crippen MR) is 98.1 cm³/mol. The van der Waals surface area contributed by atoms with Crippen LogP contribution in [0.4, 0.5) is 4.79 Å². The van der Waals surface area contributed by atoms with Gasteiger partial charge in [-0.2, -0.15) is 0 Å². The zero-order valence-corrected chi connectivity index (χ0v) is 16.0. The number of benzene rings is 1. The fraction of sp³-hybridized carbons (Fsp3) is 0.556. The molecule has 0 aromatic heterocycles. The third-order valence-corrected chi connectivity index (χ3v) is 4.42. The summed E-state index contributed by atoms with van der Waals surface area (Å²) in [5.41, 5.74) is 1.01. The molecule has 1 aromatic carbocycles. The largest absolute Gasteiger partial charge is 0.493 e. The number of hydrogen-bond acceptors (Lipinski definition) is 5. The number of amides is 2. The Labute approximate surface area is 158 Å². The average molecular weight is 385 g/mol. The van der Waals surface area contributed by atoms with E-state index in [9.17, 15) is 9.59 Å². The number of halogens is 1. The summed E-state index contributed by atoms with van der Waals surface area (Å²) in [6.07, 6.45) is 0.659. The molecule has 0 spiro atoms. The number of hydrogen-bond donors (Lipinski definition) is 0. The third-order valence-electron chi connectivity index (χ3n) is 4.27. The van der Waals surface area contributed by atoms with Gasteiger partial charge in [-0.25, -0.2) is 4.79 Å². The van der Waals surface area contributed by atoms with Gasteiger partial charge in [-0.1, -0.05) is 6.07 Å². The minimum atomic E-state index is -0.372. The zero-order valence-electron chi connectivity index (χ0n) is 15.2. The third kappa shape index (κ3) is 5.42. The van der Waals surface area contributed by atoms with Gasteiger partial charge in [0.15, 0.2) is 11.5 Å². The Morgan fingerprint density at radius 3 is 2.31 bits per heavy atom. The van der Waals surface area contributed by atoms with Gasteiger partial charge in [0, 0.05) is 32.6 Å². The van der Waals surface area contributed by atoms with Gasteiger partial charge < -0.3 is 24.0 Å². The van der Waals surface area contributed by atoms with Crippen LogP contribution < -0.4 is 9.47 Å². The number of nitrogens with zero attached hydrogens (tertiary/aromatic N) is 2. The van der Waals surface area contributed by atoms with E-state index in [1.165, 1.54) is 0 Å². The van der Waals surface area contributed by atoms with Crippen LogP contribution in [0.5, 0.6) is 11.5 Å². The molecule has 144 valence electrons. The van der Waals surface area contributed by atoms with E-state index in [4.69, 9.17) is 25.8 Å². The Kier molecular flexibility index (Phi) is 7.84. The molecule has 1 aromatic rings. The fourth-order valence-corrected chi connectivity index (χ4v) is 2.88. The average Bonchev–Trinajstić information content (AvgIpc) is 2.69. The van der Waals surface area contributed by atoms with E-state index < -0.39 is 0 Å². The standard InChI is InChI=1S/C18H25ClN2O5/c1-24-15-5-3-14(13-16(15)25-2)4-6-17(22)20-8-10-21(11-9-20)18(23)26-12-7-19/h3,5,13H,4,6-12H2,1-2H3. The molecule has 1 saturated heterocycles. The normalized spacial score (nSPS) is 14.1. The van der Waals surface area contributed by atoms with Crippen molar-refractivity contribution in [3.8, 4) is 11.5 Å². The van der Waals surface area contributed by atoms with Gasteiger partial charge in [0.05, 0.1) is 20.1 Å². The molecule has 1 fully saturated rings. The van der Waals surface area contributed by atoms with E-state index in [1.54, 1.807) is 24.0 Å². The zero-order chi connectivity index (χ0) is 18.9. The summed E-state index contributed by atoms with van der Waals surface area (Å²) in [5, 5.41) is 0. The lowest BCUT2D eigenvalue weighted by molar-refractivity contribution is -0.132. The fourth-order valence-electron chi connectivity index (χ4n) is 2.80. The maximum atomic E-state index is 12.4. The first-order valence-electron chi connectivity index (χ1n) is 8.55. The van der Waals surface area contributed by atoms with Crippen LogP contribution in [0.2, 0.25) is 0 Å².